The highest BCUT2D eigenvalue weighted by molar-refractivity contribution is 9.10. The molecule has 1 aromatic rings. The van der Waals surface area contributed by atoms with Crippen LogP contribution in [-0.2, 0) is 0 Å². The van der Waals surface area contributed by atoms with Gasteiger partial charge in [-0.25, -0.2) is 4.98 Å². The molecule has 1 aliphatic carbocycles. The van der Waals surface area contributed by atoms with Gasteiger partial charge in [-0.1, -0.05) is 31.4 Å². The average Bonchev–Trinajstić information content (AvgIpc) is 2.64. The van der Waals surface area contributed by atoms with E-state index in [1.54, 1.807) is 6.20 Å². The zero-order valence-corrected chi connectivity index (χ0v) is 11.7. The normalized spacial score (nSPS) is 18.7. The van der Waals surface area contributed by atoms with Gasteiger partial charge in [-0.15, -0.1) is 0 Å². The number of nitrogens with zero attached hydrogens (tertiary/aromatic N) is 1. The molecule has 4 heteroatoms. The molecule has 0 unspecified atom stereocenters. The van der Waals surface area contributed by atoms with Crippen molar-refractivity contribution in [3.63, 3.8) is 0 Å². The molecule has 88 valence electrons. The molecule has 1 aliphatic rings. The third-order valence-electron chi connectivity index (χ3n) is 3.30. The third kappa shape index (κ3) is 2.89. The van der Waals surface area contributed by atoms with Gasteiger partial charge in [0.05, 0.1) is 9.50 Å². The van der Waals surface area contributed by atoms with Crippen LogP contribution in [0.5, 0.6) is 0 Å². The van der Waals surface area contributed by atoms with E-state index >= 15 is 0 Å². The maximum atomic E-state index is 5.85. The highest BCUT2D eigenvalue weighted by Gasteiger charge is 2.28. The van der Waals surface area contributed by atoms with Gasteiger partial charge >= 0.3 is 0 Å². The van der Waals surface area contributed by atoms with Gasteiger partial charge in [0.25, 0.3) is 0 Å². The number of anilines is 1. The van der Waals surface area contributed by atoms with Gasteiger partial charge in [-0.3, -0.25) is 0 Å². The summed E-state index contributed by atoms with van der Waals surface area (Å²) in [6, 6.07) is 1.87. The van der Waals surface area contributed by atoms with Gasteiger partial charge in [-0.2, -0.15) is 0 Å². The monoisotopic (exact) mass is 302 g/mol. The summed E-state index contributed by atoms with van der Waals surface area (Å²) in [6.07, 6.45) is 7.00. The molecular formula is C12H16BrClN2. The van der Waals surface area contributed by atoms with E-state index in [1.807, 2.05) is 6.07 Å². The largest absolute Gasteiger partial charge is 0.369 e. The van der Waals surface area contributed by atoms with Crippen LogP contribution in [0.4, 0.5) is 5.82 Å². The summed E-state index contributed by atoms with van der Waals surface area (Å²) in [7, 11) is 0. The van der Waals surface area contributed by atoms with Gasteiger partial charge in [0, 0.05) is 12.7 Å². The Morgan fingerprint density at radius 2 is 2.19 bits per heavy atom. The van der Waals surface area contributed by atoms with Crippen LogP contribution in [-0.4, -0.2) is 11.5 Å². The number of hydrogen-bond donors (Lipinski definition) is 1. The molecule has 0 atom stereocenters. The van der Waals surface area contributed by atoms with Gasteiger partial charge in [-0.05, 0) is 40.3 Å². The average molecular weight is 304 g/mol. The van der Waals surface area contributed by atoms with Crippen molar-refractivity contribution in [1.29, 1.82) is 0 Å². The fourth-order valence-corrected chi connectivity index (χ4v) is 3.03. The molecule has 0 spiro atoms. The van der Waals surface area contributed by atoms with Crippen LogP contribution < -0.4 is 5.32 Å². The molecule has 0 radical (unpaired) electrons. The summed E-state index contributed by atoms with van der Waals surface area (Å²) in [5.41, 5.74) is 0.431. The van der Waals surface area contributed by atoms with Crippen molar-refractivity contribution in [3.05, 3.63) is 21.8 Å². The number of pyridine rings is 1. The zero-order chi connectivity index (χ0) is 11.6. The van der Waals surface area contributed by atoms with E-state index < -0.39 is 0 Å². The minimum absolute atomic E-state index is 0.431. The molecule has 2 rings (SSSR count). The topological polar surface area (TPSA) is 24.9 Å². The second-order valence-electron chi connectivity index (χ2n) is 4.86. The number of halogens is 2. The predicted molar refractivity (Wildman–Crippen MR) is 72.0 cm³/mol. The molecule has 0 saturated heterocycles. The van der Waals surface area contributed by atoms with E-state index in [2.05, 4.69) is 33.2 Å². The molecule has 1 N–H and O–H groups in total. The molecule has 0 amide bonds. The summed E-state index contributed by atoms with van der Waals surface area (Å²) < 4.78 is 0.932. The van der Waals surface area contributed by atoms with Crippen molar-refractivity contribution in [2.45, 2.75) is 32.6 Å². The number of rotatable bonds is 3. The number of aromatic nitrogens is 1. The fraction of sp³-hybridized carbons (Fsp3) is 0.583. The third-order valence-corrected chi connectivity index (χ3v) is 4.11. The second-order valence-corrected chi connectivity index (χ2v) is 6.15. The first kappa shape index (κ1) is 12.2. The lowest BCUT2D eigenvalue weighted by atomic mass is 9.89. The van der Waals surface area contributed by atoms with Crippen LogP contribution in [0.1, 0.15) is 32.6 Å². The fourth-order valence-electron chi connectivity index (χ4n) is 2.25. The first-order valence-electron chi connectivity index (χ1n) is 5.64. The van der Waals surface area contributed by atoms with Gasteiger partial charge < -0.3 is 5.32 Å². The standard InChI is InChI=1S/C12H16BrClN2/c1-12(4-2-3-5-12)8-16-11-10(13)6-9(14)7-15-11/h6-7H,2-5,8H2,1H3,(H,15,16). The van der Waals surface area contributed by atoms with E-state index in [9.17, 15) is 0 Å². The summed E-state index contributed by atoms with van der Waals surface area (Å²) in [4.78, 5) is 4.28. The Labute approximate surface area is 110 Å². The second kappa shape index (κ2) is 4.92. The van der Waals surface area contributed by atoms with E-state index in [0.717, 1.165) is 16.8 Å². The van der Waals surface area contributed by atoms with Gasteiger partial charge in [0.2, 0.25) is 0 Å². The Balaban J connectivity index is 1.99. The Hall–Kier alpha value is -0.280. The summed E-state index contributed by atoms with van der Waals surface area (Å²) in [6.45, 7) is 3.33. The van der Waals surface area contributed by atoms with E-state index in [4.69, 9.17) is 11.6 Å². The summed E-state index contributed by atoms with van der Waals surface area (Å²) in [5, 5.41) is 4.06. The zero-order valence-electron chi connectivity index (χ0n) is 9.39. The Morgan fingerprint density at radius 1 is 1.50 bits per heavy atom. The molecule has 1 saturated carbocycles. The first-order chi connectivity index (χ1) is 7.59. The van der Waals surface area contributed by atoms with E-state index in [-0.39, 0.29) is 0 Å². The maximum absolute atomic E-state index is 5.85. The van der Waals surface area contributed by atoms with Crippen LogP contribution in [0.3, 0.4) is 0 Å². The Bertz CT molecular complexity index is 375. The molecular weight excluding hydrogens is 288 g/mol. The summed E-state index contributed by atoms with van der Waals surface area (Å²) in [5.74, 6) is 0.887. The Morgan fingerprint density at radius 3 is 2.81 bits per heavy atom. The first-order valence-corrected chi connectivity index (χ1v) is 6.81. The van der Waals surface area contributed by atoms with Crippen LogP contribution in [0, 0.1) is 5.41 Å². The Kier molecular flexibility index (Phi) is 3.75. The van der Waals surface area contributed by atoms with Crippen LogP contribution in [0.15, 0.2) is 16.7 Å². The van der Waals surface area contributed by atoms with Crippen LogP contribution in [0.2, 0.25) is 5.02 Å². The lowest BCUT2D eigenvalue weighted by Crippen LogP contribution is -2.23. The van der Waals surface area contributed by atoms with Crippen molar-refractivity contribution < 1.29 is 0 Å². The molecule has 0 aromatic carbocycles. The number of hydrogen-bond acceptors (Lipinski definition) is 2. The highest BCUT2D eigenvalue weighted by atomic mass is 79.9. The minimum Gasteiger partial charge on any atom is -0.369 e. The number of nitrogens with one attached hydrogen (secondary N) is 1. The maximum Gasteiger partial charge on any atom is 0.140 e. The quantitative estimate of drug-likeness (QED) is 0.890. The predicted octanol–water partition coefficient (Wildman–Crippen LogP) is 4.49. The molecule has 16 heavy (non-hydrogen) atoms. The highest BCUT2D eigenvalue weighted by Crippen LogP contribution is 2.37. The SMILES string of the molecule is CC1(CNc2ncc(Cl)cc2Br)CCCC1. The van der Waals surface area contributed by atoms with E-state index in [1.165, 1.54) is 25.7 Å². The molecule has 2 nitrogen and oxygen atoms in total. The van der Waals surface area contributed by atoms with Crippen molar-refractivity contribution in [3.8, 4) is 0 Å². The molecule has 0 bridgehead atoms. The van der Waals surface area contributed by atoms with Crippen molar-refractivity contribution in [1.82, 2.24) is 4.98 Å². The van der Waals surface area contributed by atoms with Gasteiger partial charge in [0.15, 0.2) is 0 Å². The van der Waals surface area contributed by atoms with Crippen molar-refractivity contribution >= 4 is 33.3 Å². The van der Waals surface area contributed by atoms with Crippen LogP contribution in [0.25, 0.3) is 0 Å². The minimum atomic E-state index is 0.431. The van der Waals surface area contributed by atoms with Crippen molar-refractivity contribution in [2.75, 3.05) is 11.9 Å². The van der Waals surface area contributed by atoms with E-state index in [0.29, 0.717) is 10.4 Å². The molecule has 1 heterocycles. The molecule has 0 aliphatic heterocycles. The van der Waals surface area contributed by atoms with Gasteiger partial charge in [0.1, 0.15) is 5.82 Å². The molecule has 1 fully saturated rings. The van der Waals surface area contributed by atoms with Crippen LogP contribution >= 0.6 is 27.5 Å². The lowest BCUT2D eigenvalue weighted by Gasteiger charge is -2.24. The molecule has 1 aromatic heterocycles. The van der Waals surface area contributed by atoms with Crippen molar-refractivity contribution in [2.24, 2.45) is 5.41 Å². The smallest absolute Gasteiger partial charge is 0.140 e. The summed E-state index contributed by atoms with van der Waals surface area (Å²) >= 11 is 9.32. The lowest BCUT2D eigenvalue weighted by molar-refractivity contribution is 0.361.